The Hall–Kier alpha value is -4.97. The summed E-state index contributed by atoms with van der Waals surface area (Å²) in [6.07, 6.45) is 0. The van der Waals surface area contributed by atoms with E-state index >= 15 is 0 Å². The quantitative estimate of drug-likeness (QED) is 0.0451. The van der Waals surface area contributed by atoms with Gasteiger partial charge in [-0.25, -0.2) is 0 Å². The van der Waals surface area contributed by atoms with Gasteiger partial charge in [0.25, 0.3) is 0 Å². The van der Waals surface area contributed by atoms with Gasteiger partial charge in [-0.15, -0.1) is 0 Å². The first-order valence-corrected chi connectivity index (χ1v) is 70.5. The maximum absolute atomic E-state index is 10.4. The molecule has 2 aliphatic rings. The zero-order valence-electron chi connectivity index (χ0n) is 37.6. The second kappa shape index (κ2) is 21.1. The van der Waals surface area contributed by atoms with Gasteiger partial charge in [0.1, 0.15) is 0 Å². The normalized spacial score (nSPS) is 21.1. The predicted molar refractivity (Wildman–Crippen MR) is 303 cm³/mol. The summed E-state index contributed by atoms with van der Waals surface area (Å²) >= 11 is 0. The number of phenols is 8. The molecule has 0 unspecified atom stereocenters. The molecular weight excluding hydrogens is 1420 g/mol. The predicted octanol–water partition coefficient (Wildman–Crippen LogP) is -1.85. The van der Waals surface area contributed by atoms with Crippen molar-refractivity contribution in [3.8, 4) is 46.0 Å². The minimum absolute atomic E-state index is 0.0224. The summed E-state index contributed by atoms with van der Waals surface area (Å²) < 4.78 is 9.61. The van der Waals surface area contributed by atoms with Gasteiger partial charge < -0.3 is 0 Å². The van der Waals surface area contributed by atoms with E-state index in [1.807, 2.05) is 97.1 Å². The summed E-state index contributed by atoms with van der Waals surface area (Å²) in [6.45, 7) is 0. The van der Waals surface area contributed by atoms with E-state index in [1.165, 1.54) is 13.1 Å². The van der Waals surface area contributed by atoms with Crippen LogP contribution in [0.25, 0.3) is 0 Å². The Balaban J connectivity index is 0.000000201. The number of aromatic hydroxyl groups is 8. The Labute approximate surface area is 437 Å². The zero-order valence-corrected chi connectivity index (χ0v) is 52.6. The second-order valence-electron chi connectivity index (χ2n) is 16.3. The molecule has 0 spiro atoms. The van der Waals surface area contributed by atoms with Gasteiger partial charge in [-0.1, -0.05) is 0 Å². The molecule has 368 valence electrons. The van der Waals surface area contributed by atoms with Crippen molar-refractivity contribution in [3.05, 3.63) is 146 Å². The van der Waals surface area contributed by atoms with Crippen molar-refractivity contribution in [2.45, 2.75) is 0 Å². The van der Waals surface area contributed by atoms with E-state index in [0.29, 0.717) is 45.5 Å². The molecule has 16 nitrogen and oxygen atoms in total. The topological polar surface area (TPSA) is 370 Å². The van der Waals surface area contributed by atoms with Crippen molar-refractivity contribution in [1.29, 1.82) is 0 Å². The van der Waals surface area contributed by atoms with E-state index in [4.69, 9.17) is 45.9 Å². The van der Waals surface area contributed by atoms with E-state index < -0.39 is 84.2 Å². The summed E-state index contributed by atoms with van der Waals surface area (Å²) in [6, 6.07) is 44.7. The molecule has 0 bridgehead atoms. The molecule has 8 aromatic rings. The van der Waals surface area contributed by atoms with E-state index in [9.17, 15) is 40.9 Å². The van der Waals surface area contributed by atoms with Crippen LogP contribution in [0.4, 0.5) is 45.5 Å². The number of hydrogen-bond donors (Lipinski definition) is 16. The maximum atomic E-state index is 10.4. The van der Waals surface area contributed by atoms with E-state index in [-0.39, 0.29) is 46.0 Å². The average molecular weight is 1460 g/mol. The third-order valence-electron chi connectivity index (χ3n) is 11.3. The first-order valence-electron chi connectivity index (χ1n) is 21.4. The van der Waals surface area contributed by atoms with Gasteiger partial charge in [0, 0.05) is 0 Å². The Morgan fingerprint density at radius 2 is 0.278 bits per heavy atom. The first-order chi connectivity index (χ1) is 34.3. The van der Waals surface area contributed by atoms with Crippen molar-refractivity contribution in [2.75, 3.05) is 45.9 Å². The molecule has 0 saturated carbocycles. The second-order valence-corrected chi connectivity index (χ2v) is 166. The molecule has 24 heteroatoms. The number of nitrogen functional groups attached to an aromatic ring is 8. The van der Waals surface area contributed by atoms with Gasteiger partial charge in [-0.05, 0) is 0 Å². The fourth-order valence-corrected chi connectivity index (χ4v) is 729. The molecule has 0 amide bonds. The van der Waals surface area contributed by atoms with Crippen molar-refractivity contribution in [1.82, 2.24) is 0 Å². The summed E-state index contributed by atoms with van der Waals surface area (Å²) in [5.74, 6) is 0.433. The van der Waals surface area contributed by atoms with Crippen molar-refractivity contribution in [2.24, 2.45) is 0 Å². The van der Waals surface area contributed by atoms with Crippen LogP contribution in [0.1, 0.15) is 0 Å². The monoisotopic (exact) mass is 1460 g/mol. The molecule has 8 aromatic carbocycles. The standard InChI is InChI=1S/C30H30As5N5O5.C18H18As3N3O3/c36-21-11-16(1-6-26(21)41)31-32(17-2-7-27(42)22(37)12-17)34(19-4-9-29(44)24(39)14-19)35(20-5-10-30(45)25(40)15-20)33(31)18-3-8-28(43)23(38)13-18;22-13-7-10(1-4-16(13)25)19-20(11-2-5-17(26)14(23)8-11)21(19)12-3-6-18(27)15(24)9-12/h1-15,41-45H,36-40H2;1-9,25-27H,22-24H2. The van der Waals surface area contributed by atoms with Crippen molar-refractivity contribution >= 4 is 164 Å². The fraction of sp³-hybridized carbons (Fsp3) is 0. The van der Waals surface area contributed by atoms with Crippen LogP contribution in [0.3, 0.4) is 0 Å². The van der Waals surface area contributed by atoms with E-state index in [2.05, 4.69) is 0 Å². The third-order valence-corrected chi connectivity index (χ3v) is 332. The summed E-state index contributed by atoms with van der Waals surface area (Å²) in [7, 11) is -14.6. The van der Waals surface area contributed by atoms with Crippen molar-refractivity contribution < 1.29 is 40.9 Å². The van der Waals surface area contributed by atoms with Crippen LogP contribution >= 0.6 is 0 Å². The van der Waals surface area contributed by atoms with Gasteiger partial charge in [-0.2, -0.15) is 0 Å². The SMILES string of the molecule is Nc1cc([As]2[As](c3ccc(O)c(N)c3)[As](c3ccc(O)c(N)c3)[As](c3ccc(O)c(N)c3)[As]2c2ccc(O)c(N)c2)ccc1O.Nc1cc([As]2[As](c3ccc(O)c(N)c3)[As]2c2ccc(O)c(N)c2)ccc1O. The van der Waals surface area contributed by atoms with Gasteiger partial charge >= 0.3 is 443 Å². The summed E-state index contributed by atoms with van der Waals surface area (Å²) in [4.78, 5) is 0. The minimum atomic E-state index is -2.11. The molecule has 10 rings (SSSR count). The van der Waals surface area contributed by atoms with Gasteiger partial charge in [0.15, 0.2) is 0 Å². The molecule has 0 radical (unpaired) electrons. The van der Waals surface area contributed by atoms with Crippen LogP contribution < -0.4 is 80.7 Å². The molecule has 72 heavy (non-hydrogen) atoms. The number of anilines is 8. The van der Waals surface area contributed by atoms with Crippen LogP contribution in [0, 0.1) is 0 Å². The first kappa shape index (κ1) is 51.9. The Bertz CT molecular complexity index is 2950. The van der Waals surface area contributed by atoms with Crippen LogP contribution in [-0.4, -0.2) is 125 Å². The molecule has 2 heterocycles. The van der Waals surface area contributed by atoms with E-state index in [0.717, 1.165) is 21.8 Å². The molecule has 2 aliphatic heterocycles. The van der Waals surface area contributed by atoms with Gasteiger partial charge in [-0.3, -0.25) is 0 Å². The Morgan fingerprint density at radius 3 is 0.361 bits per heavy atom. The van der Waals surface area contributed by atoms with E-state index in [1.54, 1.807) is 48.5 Å². The molecule has 24 N–H and O–H groups in total. The molecular formula is C48H48As8N8O8. The van der Waals surface area contributed by atoms with Crippen LogP contribution in [0.5, 0.6) is 46.0 Å². The molecule has 0 aliphatic carbocycles. The molecule has 2 saturated heterocycles. The number of nitrogens with two attached hydrogens (primary N) is 8. The number of phenolic OH excluding ortho intramolecular Hbond substituents is 8. The van der Waals surface area contributed by atoms with Gasteiger partial charge in [0.2, 0.25) is 0 Å². The summed E-state index contributed by atoms with van der Waals surface area (Å²) in [5, 5.41) is 81.5. The van der Waals surface area contributed by atoms with Crippen molar-refractivity contribution in [3.63, 3.8) is 0 Å². The number of benzene rings is 8. The molecule has 0 aromatic heterocycles. The Morgan fingerprint density at radius 1 is 0.181 bits per heavy atom. The summed E-state index contributed by atoms with van der Waals surface area (Å²) in [5.41, 5.74) is 52.3. The fourth-order valence-electron chi connectivity index (χ4n) is 7.61. The number of hydrogen-bond acceptors (Lipinski definition) is 16. The van der Waals surface area contributed by atoms with Crippen LogP contribution in [0.2, 0.25) is 0 Å². The Kier molecular flexibility index (Phi) is 15.2. The number of rotatable bonds is 8. The zero-order chi connectivity index (χ0) is 51.4. The van der Waals surface area contributed by atoms with Crippen LogP contribution in [0.15, 0.2) is 146 Å². The molecule has 2 fully saturated rings. The molecule has 0 atom stereocenters. The van der Waals surface area contributed by atoms with Crippen LogP contribution in [-0.2, 0) is 0 Å². The van der Waals surface area contributed by atoms with Gasteiger partial charge in [0.05, 0.1) is 0 Å². The average Bonchev–Trinajstić information content (AvgIpc) is 4.00. The third kappa shape index (κ3) is 10.3.